The Hall–Kier alpha value is -0.340. The molecule has 0 bridgehead atoms. The molecule has 0 spiro atoms. The zero-order valence-electron chi connectivity index (χ0n) is 9.88. The highest BCUT2D eigenvalue weighted by atomic mass is 32.2. The van der Waals surface area contributed by atoms with Crippen LogP contribution in [0, 0.1) is 0 Å². The van der Waals surface area contributed by atoms with Crippen molar-refractivity contribution >= 4 is 9.84 Å². The molecule has 104 valence electrons. The van der Waals surface area contributed by atoms with Crippen LogP contribution in [0.25, 0.3) is 0 Å². The Kier molecular flexibility index (Phi) is 7.03. The molecular weight excluding hydrogens is 259 g/mol. The summed E-state index contributed by atoms with van der Waals surface area (Å²) in [6, 6.07) is -0.265. The molecule has 17 heavy (non-hydrogen) atoms. The molecule has 0 aromatic heterocycles. The number of alkyl halides is 3. The van der Waals surface area contributed by atoms with Crippen molar-refractivity contribution in [2.45, 2.75) is 25.1 Å². The summed E-state index contributed by atoms with van der Waals surface area (Å²) in [4.78, 5) is 0. The average molecular weight is 277 g/mol. The first-order valence-corrected chi connectivity index (χ1v) is 7.19. The van der Waals surface area contributed by atoms with Gasteiger partial charge in [0.15, 0.2) is 0 Å². The maximum atomic E-state index is 11.8. The molecular formula is C9H18F3NO3S. The van der Waals surface area contributed by atoms with Gasteiger partial charge in [0.25, 0.3) is 0 Å². The van der Waals surface area contributed by atoms with Crippen LogP contribution < -0.4 is 5.32 Å². The molecule has 0 fully saturated rings. The fourth-order valence-electron chi connectivity index (χ4n) is 1.22. The van der Waals surface area contributed by atoms with Gasteiger partial charge in [0, 0.05) is 18.1 Å². The molecule has 0 aromatic carbocycles. The lowest BCUT2D eigenvalue weighted by Crippen LogP contribution is -2.32. The Bertz CT molecular complexity index is 303. The molecule has 0 saturated heterocycles. The molecule has 0 aliphatic heterocycles. The second kappa shape index (κ2) is 7.17. The van der Waals surface area contributed by atoms with E-state index in [1.54, 1.807) is 7.05 Å². The molecule has 1 N–H and O–H groups in total. The van der Waals surface area contributed by atoms with E-state index >= 15 is 0 Å². The Morgan fingerprint density at radius 1 is 1.35 bits per heavy atom. The molecule has 1 atom stereocenters. The van der Waals surface area contributed by atoms with Gasteiger partial charge in [-0.2, -0.15) is 13.2 Å². The summed E-state index contributed by atoms with van der Waals surface area (Å²) in [5, 5.41) is 2.79. The van der Waals surface area contributed by atoms with Crippen molar-refractivity contribution in [3.8, 4) is 0 Å². The van der Waals surface area contributed by atoms with Gasteiger partial charge in [0.05, 0.1) is 6.61 Å². The van der Waals surface area contributed by atoms with E-state index in [0.717, 1.165) is 6.26 Å². The molecule has 0 aromatic rings. The number of sulfone groups is 1. The van der Waals surface area contributed by atoms with Gasteiger partial charge in [-0.15, -0.1) is 0 Å². The van der Waals surface area contributed by atoms with Gasteiger partial charge < -0.3 is 10.1 Å². The fraction of sp³-hybridized carbons (Fsp3) is 1.00. The summed E-state index contributed by atoms with van der Waals surface area (Å²) in [6.45, 7) is -1.36. The first-order valence-electron chi connectivity index (χ1n) is 5.13. The topological polar surface area (TPSA) is 55.4 Å². The van der Waals surface area contributed by atoms with Crippen molar-refractivity contribution in [3.05, 3.63) is 0 Å². The minimum atomic E-state index is -4.33. The third-order valence-corrected chi connectivity index (χ3v) is 3.09. The van der Waals surface area contributed by atoms with Gasteiger partial charge in [-0.1, -0.05) is 0 Å². The molecule has 1 unspecified atom stereocenters. The van der Waals surface area contributed by atoms with Crippen LogP contribution in [0.2, 0.25) is 0 Å². The number of ether oxygens (including phenoxy) is 1. The SMILES string of the molecule is CNC(CCCS(C)(=O)=O)COCC(F)(F)F. The van der Waals surface area contributed by atoms with E-state index < -0.39 is 22.6 Å². The predicted octanol–water partition coefficient (Wildman–Crippen LogP) is 0.978. The molecule has 0 heterocycles. The van der Waals surface area contributed by atoms with E-state index in [4.69, 9.17) is 0 Å². The van der Waals surface area contributed by atoms with Crippen LogP contribution in [-0.2, 0) is 14.6 Å². The number of hydrogen-bond donors (Lipinski definition) is 1. The van der Waals surface area contributed by atoms with E-state index in [1.807, 2.05) is 0 Å². The summed E-state index contributed by atoms with van der Waals surface area (Å²) in [6.07, 6.45) is -2.34. The molecule has 0 radical (unpaired) electrons. The lowest BCUT2D eigenvalue weighted by Gasteiger charge is -2.16. The molecule has 0 rings (SSSR count). The first-order chi connectivity index (χ1) is 7.64. The predicted molar refractivity (Wildman–Crippen MR) is 58.7 cm³/mol. The van der Waals surface area contributed by atoms with E-state index in [1.165, 1.54) is 0 Å². The summed E-state index contributed by atoms with van der Waals surface area (Å²) < 4.78 is 61.6. The Labute approximate surface area is 99.4 Å². The van der Waals surface area contributed by atoms with E-state index in [-0.39, 0.29) is 18.4 Å². The van der Waals surface area contributed by atoms with Crippen molar-refractivity contribution < 1.29 is 26.3 Å². The monoisotopic (exact) mass is 277 g/mol. The zero-order chi connectivity index (χ0) is 13.5. The fourth-order valence-corrected chi connectivity index (χ4v) is 1.91. The van der Waals surface area contributed by atoms with Crippen LogP contribution in [0.3, 0.4) is 0 Å². The van der Waals surface area contributed by atoms with Gasteiger partial charge in [-0.3, -0.25) is 0 Å². The molecule has 0 saturated carbocycles. The Balaban J connectivity index is 3.78. The number of nitrogens with one attached hydrogen (secondary N) is 1. The van der Waals surface area contributed by atoms with Crippen LogP contribution >= 0.6 is 0 Å². The maximum absolute atomic E-state index is 11.8. The van der Waals surface area contributed by atoms with E-state index in [0.29, 0.717) is 12.8 Å². The number of rotatable bonds is 8. The van der Waals surface area contributed by atoms with Crippen LogP contribution in [0.1, 0.15) is 12.8 Å². The standard InChI is InChI=1S/C9H18F3NO3S/c1-13-8(4-3-5-17(2,14)15)6-16-7-9(10,11)12/h8,13H,3-7H2,1-2H3. The summed E-state index contributed by atoms with van der Waals surface area (Å²) >= 11 is 0. The van der Waals surface area contributed by atoms with Crippen LogP contribution in [-0.4, -0.2) is 52.9 Å². The van der Waals surface area contributed by atoms with Crippen LogP contribution in [0.5, 0.6) is 0 Å². The quantitative estimate of drug-likeness (QED) is 0.718. The largest absolute Gasteiger partial charge is 0.411 e. The summed E-state index contributed by atoms with van der Waals surface area (Å²) in [7, 11) is -1.42. The van der Waals surface area contributed by atoms with Gasteiger partial charge in [-0.25, -0.2) is 8.42 Å². The van der Waals surface area contributed by atoms with Gasteiger partial charge in [0.2, 0.25) is 0 Å². The lowest BCUT2D eigenvalue weighted by atomic mass is 10.2. The van der Waals surface area contributed by atoms with Crippen molar-refractivity contribution in [1.82, 2.24) is 5.32 Å². The first kappa shape index (κ1) is 16.7. The minimum Gasteiger partial charge on any atom is -0.370 e. The highest BCUT2D eigenvalue weighted by Gasteiger charge is 2.27. The normalized spacial score (nSPS) is 14.9. The zero-order valence-corrected chi connectivity index (χ0v) is 10.7. The Morgan fingerprint density at radius 3 is 2.35 bits per heavy atom. The lowest BCUT2D eigenvalue weighted by molar-refractivity contribution is -0.175. The van der Waals surface area contributed by atoms with Crippen molar-refractivity contribution in [1.29, 1.82) is 0 Å². The number of halogens is 3. The van der Waals surface area contributed by atoms with Crippen molar-refractivity contribution in [2.24, 2.45) is 0 Å². The van der Waals surface area contributed by atoms with Crippen molar-refractivity contribution in [2.75, 3.05) is 32.3 Å². The highest BCUT2D eigenvalue weighted by Crippen LogP contribution is 2.14. The van der Waals surface area contributed by atoms with Gasteiger partial charge >= 0.3 is 6.18 Å². The van der Waals surface area contributed by atoms with Crippen LogP contribution in [0.4, 0.5) is 13.2 Å². The smallest absolute Gasteiger partial charge is 0.370 e. The second-order valence-electron chi connectivity index (χ2n) is 3.89. The molecule has 4 nitrogen and oxygen atoms in total. The minimum absolute atomic E-state index is 0.0322. The van der Waals surface area contributed by atoms with Crippen molar-refractivity contribution in [3.63, 3.8) is 0 Å². The molecule has 0 aliphatic rings. The Morgan fingerprint density at radius 2 is 1.94 bits per heavy atom. The molecule has 0 amide bonds. The molecule has 8 heteroatoms. The van der Waals surface area contributed by atoms with Gasteiger partial charge in [0.1, 0.15) is 16.4 Å². The van der Waals surface area contributed by atoms with E-state index in [9.17, 15) is 21.6 Å². The third-order valence-electron chi connectivity index (χ3n) is 2.06. The van der Waals surface area contributed by atoms with E-state index in [2.05, 4.69) is 10.1 Å². The van der Waals surface area contributed by atoms with Crippen LogP contribution in [0.15, 0.2) is 0 Å². The third kappa shape index (κ3) is 11.9. The number of hydrogen-bond acceptors (Lipinski definition) is 4. The maximum Gasteiger partial charge on any atom is 0.411 e. The number of likely N-dealkylation sites (N-methyl/N-ethyl adjacent to an activating group) is 1. The summed E-state index contributed by atoms with van der Waals surface area (Å²) in [5.74, 6) is 0.0322. The molecule has 0 aliphatic carbocycles. The second-order valence-corrected chi connectivity index (χ2v) is 6.15. The average Bonchev–Trinajstić information content (AvgIpc) is 2.11. The summed E-state index contributed by atoms with van der Waals surface area (Å²) in [5.41, 5.74) is 0. The highest BCUT2D eigenvalue weighted by molar-refractivity contribution is 7.90. The van der Waals surface area contributed by atoms with Gasteiger partial charge in [-0.05, 0) is 19.9 Å².